The fraction of sp³-hybridized carbons (Fsp3) is 0.692. The van der Waals surface area contributed by atoms with Crippen molar-refractivity contribution in [3.8, 4) is 5.75 Å². The molecule has 2 saturated heterocycles. The topological polar surface area (TPSA) is 69.9 Å². The molecule has 0 aromatic heterocycles. The number of rotatable bonds is 10. The predicted molar refractivity (Wildman–Crippen MR) is 135 cm³/mol. The molecule has 0 bridgehead atoms. The van der Waals surface area contributed by atoms with Crippen molar-refractivity contribution in [2.45, 2.75) is 39.0 Å². The van der Waals surface area contributed by atoms with Crippen LogP contribution < -0.4 is 0 Å². The lowest BCUT2D eigenvalue weighted by molar-refractivity contribution is 0.0377. The molecule has 7 nitrogen and oxygen atoms in total. The van der Waals surface area contributed by atoms with Gasteiger partial charge in [-0.05, 0) is 36.0 Å². The summed E-state index contributed by atoms with van der Waals surface area (Å²) < 4.78 is 10.8. The number of benzene rings is 1. The van der Waals surface area contributed by atoms with Crippen molar-refractivity contribution >= 4 is 12.4 Å². The average Bonchev–Trinajstić information content (AvgIpc) is 2.81. The van der Waals surface area contributed by atoms with E-state index in [2.05, 4.69) is 52.7 Å². The number of ether oxygens (including phenoxy) is 2. The van der Waals surface area contributed by atoms with Gasteiger partial charge in [-0.3, -0.25) is 19.8 Å². The van der Waals surface area contributed by atoms with Crippen LogP contribution in [0.2, 0.25) is 0 Å². The first-order chi connectivity index (χ1) is 15.9. The molecule has 7 heteroatoms. The minimum Gasteiger partial charge on any atom is -0.507 e. The molecule has 1 aromatic rings. The first kappa shape index (κ1) is 25.8. The molecular formula is C26H42N4O3. The maximum absolute atomic E-state index is 10.9. The lowest BCUT2D eigenvalue weighted by Gasteiger charge is -2.26. The van der Waals surface area contributed by atoms with Gasteiger partial charge in [-0.15, -0.1) is 0 Å². The van der Waals surface area contributed by atoms with Crippen LogP contribution in [0.5, 0.6) is 5.75 Å². The van der Waals surface area contributed by atoms with Gasteiger partial charge >= 0.3 is 0 Å². The number of hydrogen-bond acceptors (Lipinski definition) is 7. The molecule has 33 heavy (non-hydrogen) atoms. The normalized spacial score (nSPS) is 19.1. The van der Waals surface area contributed by atoms with Gasteiger partial charge in [0.15, 0.2) is 0 Å². The molecule has 2 fully saturated rings. The Kier molecular flexibility index (Phi) is 10.3. The highest BCUT2D eigenvalue weighted by molar-refractivity contribution is 5.92. The van der Waals surface area contributed by atoms with Gasteiger partial charge in [0.05, 0.1) is 26.4 Å². The third kappa shape index (κ3) is 8.81. The maximum Gasteiger partial charge on any atom is 0.133 e. The second-order valence-electron chi connectivity index (χ2n) is 9.94. The van der Waals surface area contributed by atoms with Gasteiger partial charge in [-0.25, -0.2) is 0 Å². The van der Waals surface area contributed by atoms with Gasteiger partial charge in [0.25, 0.3) is 0 Å². The Bertz CT molecular complexity index is 721. The van der Waals surface area contributed by atoms with Crippen LogP contribution in [-0.4, -0.2) is 106 Å². The van der Waals surface area contributed by atoms with E-state index in [1.54, 1.807) is 0 Å². The summed E-state index contributed by atoms with van der Waals surface area (Å²) in [4.78, 5) is 14.1. The molecule has 0 amide bonds. The summed E-state index contributed by atoms with van der Waals surface area (Å²) in [6.45, 7) is 17.5. The van der Waals surface area contributed by atoms with Crippen molar-refractivity contribution in [1.29, 1.82) is 0 Å². The highest BCUT2D eigenvalue weighted by Crippen LogP contribution is 2.29. The smallest absolute Gasteiger partial charge is 0.133 e. The molecule has 1 aromatic carbocycles. The van der Waals surface area contributed by atoms with Crippen molar-refractivity contribution in [3.05, 3.63) is 28.8 Å². The number of hydrogen-bond donors (Lipinski definition) is 1. The van der Waals surface area contributed by atoms with Crippen LogP contribution in [0.25, 0.3) is 0 Å². The van der Waals surface area contributed by atoms with E-state index in [0.29, 0.717) is 0 Å². The maximum atomic E-state index is 10.9. The van der Waals surface area contributed by atoms with E-state index >= 15 is 0 Å². The number of nitrogens with zero attached hydrogens (tertiary/aromatic N) is 4. The first-order valence-electron chi connectivity index (χ1n) is 12.4. The molecule has 0 saturated carbocycles. The van der Waals surface area contributed by atoms with Crippen molar-refractivity contribution in [2.24, 2.45) is 9.98 Å². The lowest BCUT2D eigenvalue weighted by atomic mass is 9.85. The monoisotopic (exact) mass is 458 g/mol. The summed E-state index contributed by atoms with van der Waals surface area (Å²) in [6, 6.07) is 4.10. The summed E-state index contributed by atoms with van der Waals surface area (Å²) >= 11 is 0. The Hall–Kier alpha value is -1.80. The molecular weight excluding hydrogens is 416 g/mol. The van der Waals surface area contributed by atoms with Crippen LogP contribution in [0.1, 0.15) is 50.3 Å². The Morgan fingerprint density at radius 1 is 0.818 bits per heavy atom. The lowest BCUT2D eigenvalue weighted by Crippen LogP contribution is -2.37. The molecule has 0 aliphatic carbocycles. The zero-order valence-corrected chi connectivity index (χ0v) is 20.8. The first-order valence-corrected chi connectivity index (χ1v) is 12.4. The van der Waals surface area contributed by atoms with E-state index in [1.807, 2.05) is 12.4 Å². The summed E-state index contributed by atoms with van der Waals surface area (Å²) in [5.74, 6) is 0.261. The fourth-order valence-electron chi connectivity index (χ4n) is 4.06. The van der Waals surface area contributed by atoms with E-state index < -0.39 is 0 Å². The highest BCUT2D eigenvalue weighted by atomic mass is 16.5. The molecule has 3 rings (SSSR count). The molecule has 0 radical (unpaired) electrons. The van der Waals surface area contributed by atoms with Crippen LogP contribution in [0.3, 0.4) is 0 Å². The molecule has 2 aliphatic rings. The third-order valence-corrected chi connectivity index (χ3v) is 6.23. The third-order valence-electron chi connectivity index (χ3n) is 6.23. The van der Waals surface area contributed by atoms with E-state index in [9.17, 15) is 5.11 Å². The van der Waals surface area contributed by atoms with Crippen LogP contribution in [0.4, 0.5) is 0 Å². The summed E-state index contributed by atoms with van der Waals surface area (Å²) in [6.07, 6.45) is 5.65. The second-order valence-corrected chi connectivity index (χ2v) is 9.94. The van der Waals surface area contributed by atoms with Gasteiger partial charge in [0, 0.05) is 75.9 Å². The molecule has 1 N–H and O–H groups in total. The minimum atomic E-state index is -0.0223. The quantitative estimate of drug-likeness (QED) is 0.431. The zero-order valence-electron chi connectivity index (χ0n) is 20.8. The Balaban J connectivity index is 1.56. The van der Waals surface area contributed by atoms with E-state index in [-0.39, 0.29) is 11.2 Å². The van der Waals surface area contributed by atoms with Crippen molar-refractivity contribution < 1.29 is 14.6 Å². The molecule has 0 atom stereocenters. The summed E-state index contributed by atoms with van der Waals surface area (Å²) in [7, 11) is 0. The number of phenolic OH excluding ortho intramolecular Hbond substituents is 1. The van der Waals surface area contributed by atoms with Crippen molar-refractivity contribution in [3.63, 3.8) is 0 Å². The average molecular weight is 459 g/mol. The van der Waals surface area contributed by atoms with Crippen molar-refractivity contribution in [1.82, 2.24) is 9.80 Å². The number of phenols is 1. The summed E-state index contributed by atoms with van der Waals surface area (Å²) in [5.41, 5.74) is 2.68. The highest BCUT2D eigenvalue weighted by Gasteiger charge is 2.18. The number of morpholine rings is 2. The van der Waals surface area contributed by atoms with E-state index in [1.165, 1.54) is 5.56 Å². The summed E-state index contributed by atoms with van der Waals surface area (Å²) in [5, 5.41) is 10.9. The van der Waals surface area contributed by atoms with Gasteiger partial charge in [-0.1, -0.05) is 20.8 Å². The SMILES string of the molecule is CC(C)(C)c1cc(C=NCCCN2CCOCC2)c(O)c(C=NCCCN2CCOCC2)c1. The van der Waals surface area contributed by atoms with Gasteiger partial charge in [-0.2, -0.15) is 0 Å². The Labute approximate surface area is 199 Å². The van der Waals surface area contributed by atoms with Crippen LogP contribution in [-0.2, 0) is 14.9 Å². The van der Waals surface area contributed by atoms with Crippen LogP contribution >= 0.6 is 0 Å². The fourth-order valence-corrected chi connectivity index (χ4v) is 4.06. The molecule has 0 spiro atoms. The minimum absolute atomic E-state index is 0.0223. The molecule has 2 aliphatic heterocycles. The zero-order chi connectivity index (χ0) is 23.5. The molecule has 184 valence electrons. The largest absolute Gasteiger partial charge is 0.507 e. The molecule has 0 unspecified atom stereocenters. The number of aliphatic imine (C=N–C) groups is 2. The van der Waals surface area contributed by atoms with Gasteiger partial charge in [0.1, 0.15) is 5.75 Å². The molecule has 2 heterocycles. The van der Waals surface area contributed by atoms with Crippen LogP contribution in [0, 0.1) is 0 Å². The van der Waals surface area contributed by atoms with Gasteiger partial charge in [0.2, 0.25) is 0 Å². The Morgan fingerprint density at radius 2 is 1.24 bits per heavy atom. The van der Waals surface area contributed by atoms with Crippen LogP contribution in [0.15, 0.2) is 22.1 Å². The van der Waals surface area contributed by atoms with E-state index in [4.69, 9.17) is 9.47 Å². The van der Waals surface area contributed by atoms with Crippen molar-refractivity contribution in [2.75, 3.05) is 78.8 Å². The Morgan fingerprint density at radius 3 is 1.64 bits per heavy atom. The van der Waals surface area contributed by atoms with Gasteiger partial charge < -0.3 is 14.6 Å². The standard InChI is InChI=1S/C26H42N4O3/c1-26(2,3)24-18-22(20-27-6-4-8-29-10-14-32-15-11-29)25(31)23(19-24)21-28-7-5-9-30-12-16-33-17-13-30/h18-21,31H,4-17H2,1-3H3. The second kappa shape index (κ2) is 13.2. The number of aromatic hydroxyl groups is 1. The van der Waals surface area contributed by atoms with E-state index in [0.717, 1.165) is 103 Å². The predicted octanol–water partition coefficient (Wildman–Crippen LogP) is 2.97.